The fourth-order valence-electron chi connectivity index (χ4n) is 0.802. The number of aliphatic carboxylic acids is 1. The Kier molecular flexibility index (Phi) is 3.46. The van der Waals surface area contributed by atoms with E-state index in [4.69, 9.17) is 15.6 Å². The standard InChI is InChI=1S/C9H9N3O3/c1-15-9-8(10)11-5-6(12-9)3-2-4-7(13)14/h5H,4H2,1H3,(H2,10,11)(H,13,14). The Morgan fingerprint density at radius 2 is 2.47 bits per heavy atom. The van der Waals surface area contributed by atoms with Crippen LogP contribution in [0.1, 0.15) is 12.1 Å². The zero-order valence-electron chi connectivity index (χ0n) is 8.02. The minimum atomic E-state index is -0.988. The van der Waals surface area contributed by atoms with E-state index >= 15 is 0 Å². The maximum Gasteiger partial charge on any atom is 0.315 e. The number of carboxylic acids is 1. The number of hydrogen-bond donors (Lipinski definition) is 2. The Bertz CT molecular complexity index is 434. The molecule has 0 atom stereocenters. The van der Waals surface area contributed by atoms with Gasteiger partial charge in [0, 0.05) is 0 Å². The molecule has 15 heavy (non-hydrogen) atoms. The molecule has 0 fully saturated rings. The highest BCUT2D eigenvalue weighted by molar-refractivity contribution is 5.70. The van der Waals surface area contributed by atoms with Crippen molar-refractivity contribution in [1.29, 1.82) is 0 Å². The zero-order valence-corrected chi connectivity index (χ0v) is 8.02. The Hall–Kier alpha value is -2.29. The molecular formula is C9H9N3O3. The Morgan fingerprint density at radius 1 is 1.73 bits per heavy atom. The number of nitrogens with two attached hydrogens (primary N) is 1. The average molecular weight is 207 g/mol. The van der Waals surface area contributed by atoms with Crippen molar-refractivity contribution < 1.29 is 14.6 Å². The third kappa shape index (κ3) is 3.15. The first kappa shape index (κ1) is 10.8. The van der Waals surface area contributed by atoms with Gasteiger partial charge in [0.2, 0.25) is 0 Å². The lowest BCUT2D eigenvalue weighted by atomic mass is 10.4. The van der Waals surface area contributed by atoms with E-state index in [2.05, 4.69) is 21.8 Å². The van der Waals surface area contributed by atoms with Crippen LogP contribution in [0.2, 0.25) is 0 Å². The maximum absolute atomic E-state index is 10.2. The molecule has 1 rings (SSSR count). The predicted octanol–water partition coefficient (Wildman–Crippen LogP) is -0.106. The molecule has 0 spiro atoms. The zero-order chi connectivity index (χ0) is 11.3. The number of anilines is 1. The Labute approximate surface area is 86.1 Å². The van der Waals surface area contributed by atoms with Crippen LogP contribution in [0.25, 0.3) is 0 Å². The quantitative estimate of drug-likeness (QED) is 0.657. The van der Waals surface area contributed by atoms with Crippen LogP contribution in [0.5, 0.6) is 5.88 Å². The van der Waals surface area contributed by atoms with Gasteiger partial charge >= 0.3 is 5.97 Å². The second-order valence-corrected chi connectivity index (χ2v) is 2.52. The molecule has 0 aliphatic heterocycles. The highest BCUT2D eigenvalue weighted by atomic mass is 16.5. The van der Waals surface area contributed by atoms with Gasteiger partial charge in [0.1, 0.15) is 12.1 Å². The molecule has 0 radical (unpaired) electrons. The monoisotopic (exact) mass is 207 g/mol. The van der Waals surface area contributed by atoms with Crippen LogP contribution in [-0.2, 0) is 4.79 Å². The van der Waals surface area contributed by atoms with Gasteiger partial charge in [-0.3, -0.25) is 4.79 Å². The van der Waals surface area contributed by atoms with E-state index in [1.165, 1.54) is 13.3 Å². The number of methoxy groups -OCH3 is 1. The molecular weight excluding hydrogens is 198 g/mol. The lowest BCUT2D eigenvalue weighted by Crippen LogP contribution is -1.99. The Morgan fingerprint density at radius 3 is 3.07 bits per heavy atom. The summed E-state index contributed by atoms with van der Waals surface area (Å²) in [5, 5.41) is 8.35. The van der Waals surface area contributed by atoms with Crippen molar-refractivity contribution in [2.45, 2.75) is 6.42 Å². The number of ether oxygens (including phenoxy) is 1. The molecule has 0 saturated carbocycles. The first-order valence-corrected chi connectivity index (χ1v) is 4.00. The van der Waals surface area contributed by atoms with Gasteiger partial charge in [0.05, 0.1) is 13.3 Å². The molecule has 3 N–H and O–H groups in total. The van der Waals surface area contributed by atoms with E-state index in [0.717, 1.165) is 0 Å². The van der Waals surface area contributed by atoms with Crippen molar-refractivity contribution in [2.24, 2.45) is 0 Å². The van der Waals surface area contributed by atoms with Gasteiger partial charge in [0.15, 0.2) is 5.82 Å². The molecule has 0 aliphatic rings. The number of aromatic nitrogens is 2. The molecule has 0 saturated heterocycles. The van der Waals surface area contributed by atoms with Crippen molar-refractivity contribution in [1.82, 2.24) is 9.97 Å². The van der Waals surface area contributed by atoms with Gasteiger partial charge in [-0.25, -0.2) is 4.98 Å². The van der Waals surface area contributed by atoms with Crippen molar-refractivity contribution in [3.8, 4) is 17.7 Å². The molecule has 1 aromatic rings. The Balaban J connectivity index is 2.85. The van der Waals surface area contributed by atoms with Crippen LogP contribution in [0, 0.1) is 11.8 Å². The molecule has 1 heterocycles. The van der Waals surface area contributed by atoms with Gasteiger partial charge in [0.25, 0.3) is 5.88 Å². The van der Waals surface area contributed by atoms with E-state index in [9.17, 15) is 4.79 Å². The first-order valence-electron chi connectivity index (χ1n) is 4.00. The van der Waals surface area contributed by atoms with E-state index < -0.39 is 5.97 Å². The van der Waals surface area contributed by atoms with Gasteiger partial charge in [-0.2, -0.15) is 4.98 Å². The summed E-state index contributed by atoms with van der Waals surface area (Å²) in [6, 6.07) is 0. The fraction of sp³-hybridized carbons (Fsp3) is 0.222. The fourth-order valence-corrected chi connectivity index (χ4v) is 0.802. The number of nitrogen functional groups attached to an aromatic ring is 1. The van der Waals surface area contributed by atoms with Crippen LogP contribution in [-0.4, -0.2) is 28.2 Å². The van der Waals surface area contributed by atoms with Crippen LogP contribution >= 0.6 is 0 Å². The highest BCUT2D eigenvalue weighted by Crippen LogP contribution is 2.13. The molecule has 0 amide bonds. The van der Waals surface area contributed by atoms with Crippen molar-refractivity contribution in [3.05, 3.63) is 11.9 Å². The molecule has 6 heteroatoms. The summed E-state index contributed by atoms with van der Waals surface area (Å²) < 4.78 is 4.83. The van der Waals surface area contributed by atoms with Crippen LogP contribution in [0.4, 0.5) is 5.82 Å². The topological polar surface area (TPSA) is 98.3 Å². The van der Waals surface area contributed by atoms with Crippen molar-refractivity contribution in [3.63, 3.8) is 0 Å². The van der Waals surface area contributed by atoms with Gasteiger partial charge in [-0.1, -0.05) is 5.92 Å². The largest absolute Gasteiger partial charge is 0.481 e. The summed E-state index contributed by atoms with van der Waals surface area (Å²) in [6.45, 7) is 0. The second-order valence-electron chi connectivity index (χ2n) is 2.52. The molecule has 0 aromatic carbocycles. The van der Waals surface area contributed by atoms with Gasteiger partial charge in [-0.15, -0.1) is 0 Å². The lowest BCUT2D eigenvalue weighted by molar-refractivity contribution is -0.135. The van der Waals surface area contributed by atoms with Crippen LogP contribution in [0.15, 0.2) is 6.20 Å². The first-order chi connectivity index (χ1) is 7.13. The minimum absolute atomic E-state index is 0.168. The molecule has 0 unspecified atom stereocenters. The smallest absolute Gasteiger partial charge is 0.315 e. The molecule has 78 valence electrons. The number of nitrogens with zero attached hydrogens (tertiary/aromatic N) is 2. The summed E-state index contributed by atoms with van der Waals surface area (Å²) >= 11 is 0. The minimum Gasteiger partial charge on any atom is -0.481 e. The average Bonchev–Trinajstić information content (AvgIpc) is 2.20. The second kappa shape index (κ2) is 4.81. The lowest BCUT2D eigenvalue weighted by Gasteiger charge is -2.00. The molecule has 1 aromatic heterocycles. The summed E-state index contributed by atoms with van der Waals surface area (Å²) in [7, 11) is 1.41. The normalized spacial score (nSPS) is 8.87. The predicted molar refractivity (Wildman–Crippen MR) is 52.1 cm³/mol. The van der Waals surface area contributed by atoms with E-state index in [1.807, 2.05) is 0 Å². The van der Waals surface area contributed by atoms with Crippen molar-refractivity contribution in [2.75, 3.05) is 12.8 Å². The SMILES string of the molecule is COc1nc(C#CCC(=O)O)cnc1N. The molecule has 0 aliphatic carbocycles. The highest BCUT2D eigenvalue weighted by Gasteiger charge is 2.02. The van der Waals surface area contributed by atoms with Crippen LogP contribution in [0.3, 0.4) is 0 Å². The molecule has 6 nitrogen and oxygen atoms in total. The van der Waals surface area contributed by atoms with E-state index in [0.29, 0.717) is 5.69 Å². The summed E-state index contributed by atoms with van der Waals surface area (Å²) in [6.07, 6.45) is 1.11. The number of hydrogen-bond acceptors (Lipinski definition) is 5. The summed E-state index contributed by atoms with van der Waals surface area (Å²) in [4.78, 5) is 17.9. The third-order valence-electron chi connectivity index (χ3n) is 1.42. The summed E-state index contributed by atoms with van der Waals surface area (Å²) in [5.74, 6) is 4.32. The number of carbonyl (C=O) groups is 1. The summed E-state index contributed by atoms with van der Waals surface area (Å²) in [5.41, 5.74) is 5.76. The third-order valence-corrected chi connectivity index (χ3v) is 1.42. The van der Waals surface area contributed by atoms with Gasteiger partial charge < -0.3 is 15.6 Å². The number of carboxylic acid groups (broad SMARTS) is 1. The van der Waals surface area contributed by atoms with E-state index in [1.54, 1.807) is 0 Å². The number of rotatable bonds is 2. The van der Waals surface area contributed by atoms with Gasteiger partial charge in [-0.05, 0) is 5.92 Å². The van der Waals surface area contributed by atoms with E-state index in [-0.39, 0.29) is 18.1 Å². The van der Waals surface area contributed by atoms with Crippen molar-refractivity contribution >= 4 is 11.8 Å². The van der Waals surface area contributed by atoms with Crippen LogP contribution < -0.4 is 10.5 Å². The molecule has 0 bridgehead atoms. The maximum atomic E-state index is 10.2.